The first kappa shape index (κ1) is 36.5. The molecule has 2 N–H and O–H groups in total. The number of nitrogens with zero attached hydrogens (tertiary/aromatic N) is 1. The monoisotopic (exact) mass is 565 g/mol. The predicted octanol–water partition coefficient (Wildman–Crippen LogP) is 1.40. The fraction of sp³-hybridized carbons (Fsp3) is 0.400. The zero-order valence-electron chi connectivity index (χ0n) is 23.3. The number of aromatic hydroxyl groups is 2. The van der Waals surface area contributed by atoms with Crippen LogP contribution in [0.15, 0.2) is 48.7 Å². The standard InChI is InChI=1S/2C12H18O.C6H5N.2ClH.Ti/c2*1-8-6-9(2)11(13)7-10(8)12(3,4)5;1-6-4-2-3-5-7-6;;;/h2*6-7,13H,1-5H3;1-5H;2*1H;/p-2. The predicted molar refractivity (Wildman–Crippen MR) is 142 cm³/mol. The van der Waals surface area contributed by atoms with Crippen LogP contribution in [0.4, 0.5) is 0 Å². The third-order valence-corrected chi connectivity index (χ3v) is 6.00. The molecular weight excluding hydrogens is 525 g/mol. The molecule has 6 heteroatoms. The van der Waals surface area contributed by atoms with Crippen molar-refractivity contribution in [2.45, 2.75) is 80.1 Å². The van der Waals surface area contributed by atoms with Gasteiger partial charge < -0.3 is 35.0 Å². The van der Waals surface area contributed by atoms with Gasteiger partial charge in [-0.3, -0.25) is 0 Å². The van der Waals surface area contributed by atoms with Crippen LogP contribution in [0.1, 0.15) is 80.6 Å². The molecule has 0 aliphatic carbocycles. The van der Waals surface area contributed by atoms with E-state index >= 15 is 0 Å². The van der Waals surface area contributed by atoms with Crippen LogP contribution < -0.4 is 24.8 Å². The van der Waals surface area contributed by atoms with E-state index in [0.29, 0.717) is 11.5 Å². The van der Waals surface area contributed by atoms with Gasteiger partial charge in [0.2, 0.25) is 0 Å². The minimum absolute atomic E-state index is 0. The van der Waals surface area contributed by atoms with Gasteiger partial charge in [-0.25, -0.2) is 0 Å². The average Bonchev–Trinajstić information content (AvgIpc) is 2.73. The summed E-state index contributed by atoms with van der Waals surface area (Å²) < 4.78 is 1.97. The molecule has 0 atom stereocenters. The Morgan fingerprint density at radius 3 is 1.31 bits per heavy atom. The van der Waals surface area contributed by atoms with Gasteiger partial charge in [-0.15, -0.1) is 0 Å². The van der Waals surface area contributed by atoms with Crippen molar-refractivity contribution < 1.29 is 55.0 Å². The summed E-state index contributed by atoms with van der Waals surface area (Å²) in [5.74, 6) is 0.797. The molecule has 1 heterocycles. The molecule has 36 heavy (non-hydrogen) atoms. The van der Waals surface area contributed by atoms with Crippen LogP contribution in [0.5, 0.6) is 11.5 Å². The average molecular weight is 566 g/mol. The van der Waals surface area contributed by atoms with Gasteiger partial charge in [-0.1, -0.05) is 53.7 Å². The number of rotatable bonds is 1. The van der Waals surface area contributed by atoms with Crippen LogP contribution in [0.3, 0.4) is 0 Å². The van der Waals surface area contributed by atoms with Crippen LogP contribution in [0.2, 0.25) is 0 Å². The Balaban J connectivity index is 0. The Labute approximate surface area is 242 Å². The first-order chi connectivity index (χ1) is 15.6. The van der Waals surface area contributed by atoms with E-state index in [-0.39, 0.29) is 35.6 Å². The summed E-state index contributed by atoms with van der Waals surface area (Å²) in [4.78, 5) is 4.04. The van der Waals surface area contributed by atoms with E-state index in [1.807, 2.05) is 80.6 Å². The maximum absolute atomic E-state index is 9.59. The molecule has 0 aliphatic rings. The Morgan fingerprint density at radius 1 is 0.667 bits per heavy atom. The second-order valence-electron chi connectivity index (χ2n) is 10.8. The molecule has 3 rings (SSSR count). The van der Waals surface area contributed by atoms with Gasteiger partial charge in [0.25, 0.3) is 0 Å². The molecule has 0 saturated carbocycles. The fourth-order valence-electron chi connectivity index (χ4n) is 3.76. The summed E-state index contributed by atoms with van der Waals surface area (Å²) in [7, 11) is 0. The topological polar surface area (TPSA) is 53.4 Å². The summed E-state index contributed by atoms with van der Waals surface area (Å²) in [6.07, 6.45) is 1.79. The molecule has 0 fully saturated rings. The van der Waals surface area contributed by atoms with Crippen molar-refractivity contribution in [1.82, 2.24) is 4.98 Å². The van der Waals surface area contributed by atoms with E-state index in [0.717, 1.165) is 16.8 Å². The quantitative estimate of drug-likeness (QED) is 0.439. The van der Waals surface area contributed by atoms with E-state index in [2.05, 4.69) is 60.4 Å². The number of aryl methyl sites for hydroxylation is 4. The van der Waals surface area contributed by atoms with Crippen molar-refractivity contribution in [2.24, 2.45) is 0 Å². The van der Waals surface area contributed by atoms with Crippen molar-refractivity contribution in [2.75, 3.05) is 0 Å². The Bertz CT molecular complexity index is 1040. The van der Waals surface area contributed by atoms with Crippen molar-refractivity contribution in [3.8, 4) is 11.5 Å². The van der Waals surface area contributed by atoms with Crippen molar-refractivity contribution in [3.63, 3.8) is 0 Å². The van der Waals surface area contributed by atoms with E-state index in [1.165, 1.54) is 22.3 Å². The molecule has 2 aromatic carbocycles. The van der Waals surface area contributed by atoms with Gasteiger partial charge in [-0.2, -0.15) is 0 Å². The summed E-state index contributed by atoms with van der Waals surface area (Å²) in [5.41, 5.74) is 8.09. The van der Waals surface area contributed by atoms with Crippen LogP contribution in [-0.2, 0) is 30.8 Å². The molecule has 1 aromatic heterocycles. The molecule has 3 nitrogen and oxygen atoms in total. The van der Waals surface area contributed by atoms with Gasteiger partial charge in [-0.05, 0) is 84.0 Å². The van der Waals surface area contributed by atoms with Gasteiger partial charge >= 0.3 is 59.4 Å². The van der Waals surface area contributed by atoms with Gasteiger partial charge in [0.05, 0.1) is 0 Å². The SMILES string of the molecule is Cc1cc(C)c(C(C)(C)C)cc1O.Cc1cc(C)c(C(C)(C)C)cc1O.[Cl-].[Cl-].[Ti]=[CH]c1ccccn1. The molecule has 0 spiro atoms. The van der Waals surface area contributed by atoms with Gasteiger partial charge in [0.15, 0.2) is 0 Å². The van der Waals surface area contributed by atoms with E-state index in [4.69, 9.17) is 0 Å². The number of aromatic nitrogens is 1. The number of hydrogen-bond donors (Lipinski definition) is 2. The maximum atomic E-state index is 9.59. The number of benzene rings is 2. The van der Waals surface area contributed by atoms with Crippen molar-refractivity contribution in [3.05, 3.63) is 87.7 Å². The molecule has 0 amide bonds. The second kappa shape index (κ2) is 15.6. The molecule has 0 saturated heterocycles. The Hall–Kier alpha value is -1.65. The number of phenolic OH excluding ortho intramolecular Hbond substituents is 2. The summed E-state index contributed by atoms with van der Waals surface area (Å²) in [5, 5.41) is 19.2. The molecule has 0 aliphatic heterocycles. The van der Waals surface area contributed by atoms with Gasteiger partial charge in [0.1, 0.15) is 11.5 Å². The Kier molecular flexibility index (Phi) is 15.8. The first-order valence-corrected chi connectivity index (χ1v) is 12.5. The van der Waals surface area contributed by atoms with E-state index < -0.39 is 0 Å². The third-order valence-electron chi connectivity index (χ3n) is 5.54. The number of phenols is 2. The van der Waals surface area contributed by atoms with Crippen LogP contribution in [-0.4, -0.2) is 19.5 Å². The summed E-state index contributed by atoms with van der Waals surface area (Å²) >= 11 is 1.97. The van der Waals surface area contributed by atoms with Crippen molar-refractivity contribution in [1.29, 1.82) is 0 Å². The van der Waals surface area contributed by atoms with Crippen LogP contribution in [0.25, 0.3) is 0 Å². The zero-order valence-corrected chi connectivity index (χ0v) is 26.4. The summed E-state index contributed by atoms with van der Waals surface area (Å²) in [6, 6.07) is 13.7. The second-order valence-corrected chi connectivity index (χ2v) is 11.3. The first-order valence-electron chi connectivity index (χ1n) is 11.6. The number of hydrogen-bond acceptors (Lipinski definition) is 3. The van der Waals surface area contributed by atoms with Crippen molar-refractivity contribution >= 4 is 4.31 Å². The van der Waals surface area contributed by atoms with Gasteiger partial charge in [0, 0.05) is 0 Å². The Morgan fingerprint density at radius 2 is 1.06 bits per heavy atom. The molecule has 0 radical (unpaired) electrons. The van der Waals surface area contributed by atoms with E-state index in [1.54, 1.807) is 6.20 Å². The molecular formula is C30H41Cl2NO2Ti-2. The number of halogens is 2. The summed E-state index contributed by atoms with van der Waals surface area (Å²) in [6.45, 7) is 21.0. The molecule has 0 bridgehead atoms. The fourth-order valence-corrected chi connectivity index (χ4v) is 4.03. The molecule has 198 valence electrons. The van der Waals surface area contributed by atoms with E-state index in [9.17, 15) is 10.2 Å². The zero-order chi connectivity index (χ0) is 26.3. The normalized spacial score (nSPS) is 10.4. The molecule has 0 unspecified atom stereocenters. The third kappa shape index (κ3) is 11.6. The minimum atomic E-state index is 0. The molecule has 3 aromatic rings. The number of pyridine rings is 1. The van der Waals surface area contributed by atoms with Crippen LogP contribution >= 0.6 is 0 Å². The van der Waals surface area contributed by atoms with Crippen LogP contribution in [0, 0.1) is 27.7 Å².